The number of unbranched alkanes of at least 4 members (excludes halogenated alkanes) is 1. The number of hydrogen-bond donors (Lipinski definition) is 2. The van der Waals surface area contributed by atoms with Gasteiger partial charge in [0.15, 0.2) is 5.16 Å². The highest BCUT2D eigenvalue weighted by Crippen LogP contribution is 2.22. The van der Waals surface area contributed by atoms with Gasteiger partial charge in [0.2, 0.25) is 5.91 Å². The van der Waals surface area contributed by atoms with Gasteiger partial charge in [0, 0.05) is 38.0 Å². The summed E-state index contributed by atoms with van der Waals surface area (Å²) in [4.78, 5) is 24.1. The number of rotatable bonds is 7. The lowest BCUT2D eigenvalue weighted by atomic mass is 10.3. The average molecular weight is 324 g/mol. The van der Waals surface area contributed by atoms with E-state index in [0.717, 1.165) is 55.7 Å². The Morgan fingerprint density at radius 3 is 2.68 bits per heavy atom. The lowest BCUT2D eigenvalue weighted by Gasteiger charge is -2.34. The second-order valence-corrected chi connectivity index (χ2v) is 6.43. The van der Waals surface area contributed by atoms with Crippen LogP contribution in [0.5, 0.6) is 0 Å². The molecule has 0 radical (unpaired) electrons. The van der Waals surface area contributed by atoms with E-state index in [2.05, 4.69) is 26.7 Å². The normalized spacial score (nSPS) is 16.0. The Morgan fingerprint density at radius 2 is 2.05 bits per heavy atom. The molecule has 0 aromatic carbocycles. The van der Waals surface area contributed by atoms with Crippen molar-refractivity contribution in [3.63, 3.8) is 0 Å². The molecule has 1 aliphatic rings. The van der Waals surface area contributed by atoms with Crippen molar-refractivity contribution < 1.29 is 4.79 Å². The Hall–Kier alpha value is -1.54. The first-order valence-corrected chi connectivity index (χ1v) is 8.60. The summed E-state index contributed by atoms with van der Waals surface area (Å²) in [5.41, 5.74) is 11.1. The summed E-state index contributed by atoms with van der Waals surface area (Å²) >= 11 is 1.65. The van der Waals surface area contributed by atoms with Crippen LogP contribution in [-0.2, 0) is 4.79 Å². The van der Waals surface area contributed by atoms with Crippen LogP contribution in [0.2, 0.25) is 0 Å². The topological polar surface area (TPSA) is 101 Å². The fourth-order valence-corrected chi connectivity index (χ4v) is 3.26. The average Bonchev–Trinajstić information content (AvgIpc) is 2.47. The molecule has 1 fully saturated rings. The fourth-order valence-electron chi connectivity index (χ4n) is 2.32. The molecule has 1 aromatic heterocycles. The highest BCUT2D eigenvalue weighted by molar-refractivity contribution is 7.99. The zero-order valence-electron chi connectivity index (χ0n) is 13.0. The predicted octanol–water partition coefficient (Wildman–Crippen LogP) is 0.558. The first kappa shape index (κ1) is 16.8. The largest absolute Gasteiger partial charge is 0.383 e. The Balaban J connectivity index is 1.96. The second-order valence-electron chi connectivity index (χ2n) is 5.37. The van der Waals surface area contributed by atoms with Gasteiger partial charge in [-0.2, -0.15) is 0 Å². The van der Waals surface area contributed by atoms with E-state index in [0.29, 0.717) is 12.4 Å². The van der Waals surface area contributed by atoms with E-state index >= 15 is 0 Å². The van der Waals surface area contributed by atoms with E-state index in [9.17, 15) is 4.79 Å². The smallest absolute Gasteiger partial charge is 0.231 e. The predicted molar refractivity (Wildman–Crippen MR) is 89.9 cm³/mol. The molecular formula is C14H24N6OS. The van der Waals surface area contributed by atoms with Crippen molar-refractivity contribution >= 4 is 29.3 Å². The van der Waals surface area contributed by atoms with Crippen LogP contribution in [-0.4, -0.2) is 59.3 Å². The molecule has 22 heavy (non-hydrogen) atoms. The Kier molecular flexibility index (Phi) is 6.26. The van der Waals surface area contributed by atoms with Crippen molar-refractivity contribution in [1.82, 2.24) is 14.9 Å². The van der Waals surface area contributed by atoms with Crippen molar-refractivity contribution in [1.29, 1.82) is 0 Å². The summed E-state index contributed by atoms with van der Waals surface area (Å²) in [5, 5.41) is 0.739. The second kappa shape index (κ2) is 8.19. The lowest BCUT2D eigenvalue weighted by molar-refractivity contribution is -0.119. The number of thioether (sulfide) groups is 1. The van der Waals surface area contributed by atoms with Gasteiger partial charge in [0.1, 0.15) is 11.6 Å². The van der Waals surface area contributed by atoms with Crippen LogP contribution in [0, 0.1) is 0 Å². The summed E-state index contributed by atoms with van der Waals surface area (Å²) in [6.45, 7) is 5.69. The van der Waals surface area contributed by atoms with Gasteiger partial charge in [0.05, 0.1) is 6.54 Å². The number of carbonyl (C=O) groups excluding carboxylic acids is 1. The van der Waals surface area contributed by atoms with Gasteiger partial charge in [-0.05, 0) is 6.42 Å². The molecule has 0 aliphatic carbocycles. The third kappa shape index (κ3) is 5.03. The van der Waals surface area contributed by atoms with Crippen LogP contribution in [0.25, 0.3) is 0 Å². The Morgan fingerprint density at radius 1 is 1.32 bits per heavy atom. The lowest BCUT2D eigenvalue weighted by Crippen LogP contribution is -2.49. The fraction of sp³-hybridized carbons (Fsp3) is 0.643. The molecule has 1 amide bonds. The Labute approximate surface area is 135 Å². The maximum Gasteiger partial charge on any atom is 0.231 e. The highest BCUT2D eigenvalue weighted by Gasteiger charge is 2.20. The summed E-state index contributed by atoms with van der Waals surface area (Å²) in [6.07, 6.45) is 2.30. The number of aromatic nitrogens is 2. The quantitative estimate of drug-likeness (QED) is 0.429. The number of hydrogen-bond acceptors (Lipinski definition) is 7. The number of piperazine rings is 1. The molecule has 0 saturated carbocycles. The van der Waals surface area contributed by atoms with E-state index in [-0.39, 0.29) is 5.91 Å². The van der Waals surface area contributed by atoms with Crippen molar-refractivity contribution in [2.24, 2.45) is 5.73 Å². The number of primary amides is 1. The zero-order valence-corrected chi connectivity index (χ0v) is 13.8. The number of nitrogens with zero attached hydrogens (tertiary/aromatic N) is 4. The molecule has 7 nitrogen and oxygen atoms in total. The minimum absolute atomic E-state index is 0.283. The SMILES string of the molecule is CCCCSc1nc(N)cc(N2CCN(CC(N)=O)CC2)n1. The van der Waals surface area contributed by atoms with Gasteiger partial charge in [0.25, 0.3) is 0 Å². The van der Waals surface area contributed by atoms with Crippen LogP contribution in [0.3, 0.4) is 0 Å². The van der Waals surface area contributed by atoms with Gasteiger partial charge < -0.3 is 16.4 Å². The molecule has 1 aliphatic heterocycles. The van der Waals surface area contributed by atoms with Gasteiger partial charge in [-0.25, -0.2) is 9.97 Å². The van der Waals surface area contributed by atoms with E-state index in [1.54, 1.807) is 11.8 Å². The molecule has 1 saturated heterocycles. The number of nitrogens with two attached hydrogens (primary N) is 2. The molecule has 0 spiro atoms. The number of carbonyl (C=O) groups is 1. The summed E-state index contributed by atoms with van der Waals surface area (Å²) in [6, 6.07) is 1.81. The zero-order chi connectivity index (χ0) is 15.9. The summed E-state index contributed by atoms with van der Waals surface area (Å²) in [5.74, 6) is 2.09. The van der Waals surface area contributed by atoms with E-state index < -0.39 is 0 Å². The van der Waals surface area contributed by atoms with Gasteiger partial charge in [-0.1, -0.05) is 25.1 Å². The number of nitrogen functional groups attached to an aromatic ring is 1. The monoisotopic (exact) mass is 324 g/mol. The van der Waals surface area contributed by atoms with Crippen LogP contribution in [0.15, 0.2) is 11.2 Å². The molecule has 2 heterocycles. The van der Waals surface area contributed by atoms with Crippen LogP contribution in [0.4, 0.5) is 11.6 Å². The molecule has 0 unspecified atom stereocenters. The Bertz CT molecular complexity index is 504. The van der Waals surface area contributed by atoms with E-state index in [1.807, 2.05) is 6.07 Å². The standard InChI is InChI=1S/C14H24N6OS/c1-2-3-8-22-14-17-11(15)9-13(18-14)20-6-4-19(5-7-20)10-12(16)21/h9H,2-8,10H2,1H3,(H2,16,21)(H2,15,17,18). The summed E-state index contributed by atoms with van der Waals surface area (Å²) < 4.78 is 0. The van der Waals surface area contributed by atoms with Crippen molar-refractivity contribution in [2.75, 3.05) is 49.1 Å². The minimum Gasteiger partial charge on any atom is -0.383 e. The molecule has 0 atom stereocenters. The number of anilines is 2. The van der Waals surface area contributed by atoms with E-state index in [1.165, 1.54) is 0 Å². The molecule has 0 bridgehead atoms. The summed E-state index contributed by atoms with van der Waals surface area (Å²) in [7, 11) is 0. The first-order chi connectivity index (χ1) is 10.6. The molecule has 2 rings (SSSR count). The number of amides is 1. The maximum atomic E-state index is 11.0. The third-order valence-corrected chi connectivity index (χ3v) is 4.45. The third-order valence-electron chi connectivity index (χ3n) is 3.52. The molecule has 122 valence electrons. The highest BCUT2D eigenvalue weighted by atomic mass is 32.2. The van der Waals surface area contributed by atoms with Gasteiger partial charge in [-0.15, -0.1) is 0 Å². The van der Waals surface area contributed by atoms with Gasteiger partial charge in [-0.3, -0.25) is 9.69 Å². The van der Waals surface area contributed by atoms with Crippen molar-refractivity contribution in [3.8, 4) is 0 Å². The van der Waals surface area contributed by atoms with Crippen molar-refractivity contribution in [2.45, 2.75) is 24.9 Å². The van der Waals surface area contributed by atoms with Crippen LogP contribution in [0.1, 0.15) is 19.8 Å². The van der Waals surface area contributed by atoms with Gasteiger partial charge >= 0.3 is 0 Å². The first-order valence-electron chi connectivity index (χ1n) is 7.61. The van der Waals surface area contributed by atoms with Crippen LogP contribution < -0.4 is 16.4 Å². The maximum absolute atomic E-state index is 11.0. The van der Waals surface area contributed by atoms with E-state index in [4.69, 9.17) is 11.5 Å². The molecular weight excluding hydrogens is 300 g/mol. The molecule has 4 N–H and O–H groups in total. The molecule has 8 heteroatoms. The van der Waals surface area contributed by atoms with Crippen molar-refractivity contribution in [3.05, 3.63) is 6.07 Å². The molecule has 1 aromatic rings. The van der Waals surface area contributed by atoms with Crippen LogP contribution >= 0.6 is 11.8 Å². The minimum atomic E-state index is -0.283.